The second-order valence-corrected chi connectivity index (χ2v) is 8.27. The summed E-state index contributed by atoms with van der Waals surface area (Å²) in [5, 5.41) is 8.89. The summed E-state index contributed by atoms with van der Waals surface area (Å²) in [6.07, 6.45) is 3.83. The molecule has 7 nitrogen and oxygen atoms in total. The number of rotatable bonds is 7. The van der Waals surface area contributed by atoms with Crippen molar-refractivity contribution < 1.29 is 9.53 Å². The number of amides is 1. The lowest BCUT2D eigenvalue weighted by Gasteiger charge is -2.26. The van der Waals surface area contributed by atoms with E-state index in [4.69, 9.17) is 16.3 Å². The first-order chi connectivity index (χ1) is 15.6. The first-order valence-electron chi connectivity index (χ1n) is 10.8. The molecule has 1 amide bonds. The van der Waals surface area contributed by atoms with Crippen molar-refractivity contribution in [1.82, 2.24) is 20.1 Å². The molecular weight excluding hydrogens is 428 g/mol. The van der Waals surface area contributed by atoms with Gasteiger partial charge in [0.05, 0.1) is 0 Å². The fourth-order valence-electron chi connectivity index (χ4n) is 3.68. The smallest absolute Gasteiger partial charge is 0.273 e. The first kappa shape index (κ1) is 22.0. The van der Waals surface area contributed by atoms with E-state index in [1.54, 1.807) is 0 Å². The molecule has 1 saturated heterocycles. The summed E-state index contributed by atoms with van der Waals surface area (Å²) >= 11 is 5.99. The zero-order valence-electron chi connectivity index (χ0n) is 17.7. The first-order valence-corrected chi connectivity index (χ1v) is 11.2. The molecule has 1 aliphatic heterocycles. The quantitative estimate of drug-likeness (QED) is 0.585. The third-order valence-corrected chi connectivity index (χ3v) is 5.71. The molecule has 2 heterocycles. The van der Waals surface area contributed by atoms with E-state index in [1.165, 1.54) is 6.42 Å². The lowest BCUT2D eigenvalue weighted by atomic mass is 10.1. The predicted molar refractivity (Wildman–Crippen MR) is 123 cm³/mol. The molecule has 4 rings (SSSR count). The molecule has 0 saturated carbocycles. The molecule has 0 spiro atoms. The van der Waals surface area contributed by atoms with Crippen LogP contribution in [0.15, 0.2) is 53.3 Å². The summed E-state index contributed by atoms with van der Waals surface area (Å²) < 4.78 is 5.78. The Bertz CT molecular complexity index is 1120. The maximum Gasteiger partial charge on any atom is 0.273 e. The fraction of sp³-hybridized carbons (Fsp3) is 0.333. The number of nitrogens with zero attached hydrogens (tertiary/aromatic N) is 3. The number of ether oxygens (including phenoxy) is 1. The van der Waals surface area contributed by atoms with Crippen molar-refractivity contribution in [2.24, 2.45) is 0 Å². The summed E-state index contributed by atoms with van der Waals surface area (Å²) in [5.41, 5.74) is 1.66. The van der Waals surface area contributed by atoms with Gasteiger partial charge in [0.1, 0.15) is 18.1 Å². The van der Waals surface area contributed by atoms with E-state index in [0.29, 0.717) is 23.2 Å². The Morgan fingerprint density at radius 3 is 2.56 bits per heavy atom. The van der Waals surface area contributed by atoms with Crippen molar-refractivity contribution in [2.75, 3.05) is 13.1 Å². The van der Waals surface area contributed by atoms with E-state index >= 15 is 0 Å². The molecule has 0 aliphatic carbocycles. The number of aromatic nitrogens is 3. The third kappa shape index (κ3) is 5.73. The van der Waals surface area contributed by atoms with Gasteiger partial charge in [0.2, 0.25) is 5.91 Å². The number of carbonyl (C=O) groups excluding carboxylic acids is 1. The number of aryl methyl sites for hydroxylation is 1. The van der Waals surface area contributed by atoms with Gasteiger partial charge in [-0.15, -0.1) is 10.2 Å². The van der Waals surface area contributed by atoms with Crippen LogP contribution in [0.3, 0.4) is 0 Å². The van der Waals surface area contributed by atoms with E-state index in [1.807, 2.05) is 53.4 Å². The number of H-pyrrole nitrogens is 1. The molecule has 1 aromatic heterocycles. The Balaban J connectivity index is 1.34. The second-order valence-electron chi connectivity index (χ2n) is 7.83. The number of nitrogens with one attached hydrogen (secondary N) is 1. The highest BCUT2D eigenvalue weighted by Gasteiger charge is 2.17. The number of halogens is 1. The van der Waals surface area contributed by atoms with Crippen molar-refractivity contribution in [1.29, 1.82) is 0 Å². The van der Waals surface area contributed by atoms with Gasteiger partial charge < -0.3 is 14.6 Å². The molecule has 166 valence electrons. The van der Waals surface area contributed by atoms with Crippen molar-refractivity contribution in [3.63, 3.8) is 0 Å². The van der Waals surface area contributed by atoms with Crippen molar-refractivity contribution in [2.45, 2.75) is 38.7 Å². The Morgan fingerprint density at radius 1 is 1.06 bits per heavy atom. The van der Waals surface area contributed by atoms with Crippen LogP contribution in [0.5, 0.6) is 5.75 Å². The number of aromatic amines is 1. The van der Waals surface area contributed by atoms with Gasteiger partial charge in [0.15, 0.2) is 5.82 Å². The SMILES string of the molecule is O=C(CCc1nnc(-c2ccc(OCc3cccc(Cl)c3)cc2)[nH]c1=O)N1CCCCC1. The van der Waals surface area contributed by atoms with Crippen LogP contribution in [-0.2, 0) is 17.8 Å². The molecule has 0 unspecified atom stereocenters. The molecular formula is C24H25ClN4O3. The van der Waals surface area contributed by atoms with E-state index in [0.717, 1.165) is 37.1 Å². The van der Waals surface area contributed by atoms with Gasteiger partial charge in [-0.1, -0.05) is 23.7 Å². The minimum atomic E-state index is -0.317. The Hall–Kier alpha value is -3.19. The number of hydrogen-bond donors (Lipinski definition) is 1. The lowest BCUT2D eigenvalue weighted by Crippen LogP contribution is -2.36. The number of piperidine rings is 1. The number of carbonyl (C=O) groups is 1. The lowest BCUT2D eigenvalue weighted by molar-refractivity contribution is -0.132. The standard InChI is InChI=1S/C24H25ClN4O3/c25-19-6-4-5-17(15-19)16-32-20-9-7-18(8-10-20)23-26-24(31)21(27-28-23)11-12-22(30)29-13-2-1-3-14-29/h4-10,15H,1-3,11-14,16H2,(H,26,28,31). The Labute approximate surface area is 191 Å². The molecule has 32 heavy (non-hydrogen) atoms. The van der Waals surface area contributed by atoms with Gasteiger partial charge in [-0.2, -0.15) is 0 Å². The van der Waals surface area contributed by atoms with Crippen LogP contribution in [0.2, 0.25) is 5.02 Å². The molecule has 1 N–H and O–H groups in total. The highest BCUT2D eigenvalue weighted by molar-refractivity contribution is 6.30. The van der Waals surface area contributed by atoms with Gasteiger partial charge in [0, 0.05) is 36.5 Å². The summed E-state index contributed by atoms with van der Waals surface area (Å²) in [7, 11) is 0. The van der Waals surface area contributed by atoms with Crippen LogP contribution in [0.4, 0.5) is 0 Å². The van der Waals surface area contributed by atoms with Crippen molar-refractivity contribution in [3.8, 4) is 17.1 Å². The normalized spacial score (nSPS) is 13.7. The number of benzene rings is 2. The van der Waals surface area contributed by atoms with Crippen LogP contribution >= 0.6 is 11.6 Å². The van der Waals surface area contributed by atoms with Crippen LogP contribution in [0.25, 0.3) is 11.4 Å². The summed E-state index contributed by atoms with van der Waals surface area (Å²) in [6, 6.07) is 14.8. The van der Waals surface area contributed by atoms with Gasteiger partial charge in [-0.05, 0) is 61.2 Å². The zero-order valence-corrected chi connectivity index (χ0v) is 18.5. The van der Waals surface area contributed by atoms with E-state index in [9.17, 15) is 9.59 Å². The second kappa shape index (κ2) is 10.4. The van der Waals surface area contributed by atoms with E-state index < -0.39 is 0 Å². The van der Waals surface area contributed by atoms with E-state index in [2.05, 4.69) is 15.2 Å². The highest BCUT2D eigenvalue weighted by atomic mass is 35.5. The van der Waals surface area contributed by atoms with Gasteiger partial charge in [-0.25, -0.2) is 0 Å². The summed E-state index contributed by atoms with van der Waals surface area (Å²) in [5.74, 6) is 1.14. The molecule has 8 heteroatoms. The van der Waals surface area contributed by atoms with Gasteiger partial charge in [-0.3, -0.25) is 9.59 Å². The van der Waals surface area contributed by atoms with Crippen molar-refractivity contribution in [3.05, 3.63) is 75.2 Å². The van der Waals surface area contributed by atoms with E-state index in [-0.39, 0.29) is 30.0 Å². The van der Waals surface area contributed by atoms with Gasteiger partial charge >= 0.3 is 0 Å². The molecule has 0 bridgehead atoms. The maximum atomic E-state index is 12.4. The minimum Gasteiger partial charge on any atom is -0.489 e. The molecule has 1 fully saturated rings. The molecule has 2 aromatic carbocycles. The zero-order chi connectivity index (χ0) is 22.3. The minimum absolute atomic E-state index is 0.0725. The van der Waals surface area contributed by atoms with Crippen LogP contribution in [0.1, 0.15) is 36.9 Å². The Morgan fingerprint density at radius 2 is 1.84 bits per heavy atom. The molecule has 1 aliphatic rings. The van der Waals surface area contributed by atoms with Crippen LogP contribution in [0, 0.1) is 0 Å². The summed E-state index contributed by atoms with van der Waals surface area (Å²) in [6.45, 7) is 2.01. The largest absolute Gasteiger partial charge is 0.489 e. The van der Waals surface area contributed by atoms with Crippen LogP contribution < -0.4 is 10.3 Å². The van der Waals surface area contributed by atoms with Gasteiger partial charge in [0.25, 0.3) is 5.56 Å². The average Bonchev–Trinajstić information content (AvgIpc) is 2.83. The number of likely N-dealkylation sites (tertiary alicyclic amines) is 1. The Kier molecular flexibility index (Phi) is 7.17. The fourth-order valence-corrected chi connectivity index (χ4v) is 3.90. The monoisotopic (exact) mass is 452 g/mol. The molecule has 3 aromatic rings. The molecule has 0 radical (unpaired) electrons. The van der Waals surface area contributed by atoms with Crippen molar-refractivity contribution >= 4 is 17.5 Å². The highest BCUT2D eigenvalue weighted by Crippen LogP contribution is 2.20. The topological polar surface area (TPSA) is 88.2 Å². The summed E-state index contributed by atoms with van der Waals surface area (Å²) in [4.78, 5) is 29.4. The average molecular weight is 453 g/mol. The number of hydrogen-bond acceptors (Lipinski definition) is 5. The maximum absolute atomic E-state index is 12.4. The third-order valence-electron chi connectivity index (χ3n) is 5.47. The van der Waals surface area contributed by atoms with Crippen LogP contribution in [-0.4, -0.2) is 39.1 Å². The molecule has 0 atom stereocenters. The predicted octanol–water partition coefficient (Wildman–Crippen LogP) is 4.01.